The second-order valence-electron chi connectivity index (χ2n) is 7.54. The molecule has 160 valence electrons. The highest BCUT2D eigenvalue weighted by molar-refractivity contribution is 6.31. The second-order valence-corrected chi connectivity index (χ2v) is 7.98. The summed E-state index contributed by atoms with van der Waals surface area (Å²) in [6, 6.07) is 9.22. The summed E-state index contributed by atoms with van der Waals surface area (Å²) in [5, 5.41) is 18.6. The number of nitrogens with zero attached hydrogens (tertiary/aromatic N) is 2. The van der Waals surface area contributed by atoms with E-state index in [1.54, 1.807) is 6.20 Å². The lowest BCUT2D eigenvalue weighted by molar-refractivity contribution is 0.445. The monoisotopic (exact) mass is 428 g/mol. The number of halogens is 1. The molecule has 0 spiro atoms. The molecule has 0 saturated heterocycles. The van der Waals surface area contributed by atoms with Gasteiger partial charge in [0, 0.05) is 54.2 Å². The number of hydrogen-bond donors (Lipinski definition) is 3. The van der Waals surface area contributed by atoms with Crippen LogP contribution < -0.4 is 16.1 Å². The van der Waals surface area contributed by atoms with Gasteiger partial charge in [0.25, 0.3) is 0 Å². The van der Waals surface area contributed by atoms with Crippen molar-refractivity contribution in [3.8, 4) is 5.75 Å². The number of benzene rings is 1. The van der Waals surface area contributed by atoms with Gasteiger partial charge in [-0.25, -0.2) is 0 Å². The van der Waals surface area contributed by atoms with Gasteiger partial charge in [0.15, 0.2) is 5.75 Å². The normalized spacial score (nSPS) is 11.2. The molecule has 0 atom stereocenters. The van der Waals surface area contributed by atoms with Crippen molar-refractivity contribution in [3.63, 3.8) is 0 Å². The molecule has 30 heavy (non-hydrogen) atoms. The predicted molar refractivity (Wildman–Crippen MR) is 124 cm³/mol. The minimum atomic E-state index is -0.319. The van der Waals surface area contributed by atoms with Gasteiger partial charge in [-0.1, -0.05) is 24.4 Å². The van der Waals surface area contributed by atoms with Crippen molar-refractivity contribution >= 4 is 28.2 Å². The average Bonchev–Trinajstić information content (AvgIpc) is 2.73. The highest BCUT2D eigenvalue weighted by atomic mass is 35.5. The molecular weight excluding hydrogens is 400 g/mol. The molecular formula is C23H29ClN4O2. The summed E-state index contributed by atoms with van der Waals surface area (Å²) >= 11 is 6.04. The molecule has 6 nitrogen and oxygen atoms in total. The highest BCUT2D eigenvalue weighted by Gasteiger charge is 2.10. The summed E-state index contributed by atoms with van der Waals surface area (Å²) in [6.07, 6.45) is 6.20. The van der Waals surface area contributed by atoms with E-state index in [1.165, 1.54) is 6.07 Å². The zero-order valence-corrected chi connectivity index (χ0v) is 18.3. The third-order valence-electron chi connectivity index (χ3n) is 5.37. The highest BCUT2D eigenvalue weighted by Crippen LogP contribution is 2.24. The minimum Gasteiger partial charge on any atom is -0.503 e. The minimum absolute atomic E-state index is 0.160. The van der Waals surface area contributed by atoms with E-state index in [0.717, 1.165) is 61.1 Å². The van der Waals surface area contributed by atoms with E-state index in [-0.39, 0.29) is 11.2 Å². The van der Waals surface area contributed by atoms with Crippen LogP contribution in [0.3, 0.4) is 0 Å². The van der Waals surface area contributed by atoms with E-state index in [4.69, 9.17) is 11.6 Å². The Bertz CT molecular complexity index is 1060. The summed E-state index contributed by atoms with van der Waals surface area (Å²) in [5.41, 5.74) is 3.14. The van der Waals surface area contributed by atoms with Gasteiger partial charge in [0.05, 0.1) is 11.2 Å². The third kappa shape index (κ3) is 5.52. The third-order valence-corrected chi connectivity index (χ3v) is 5.61. The van der Waals surface area contributed by atoms with Crippen molar-refractivity contribution in [1.29, 1.82) is 0 Å². The van der Waals surface area contributed by atoms with Crippen LogP contribution in [0.5, 0.6) is 5.75 Å². The van der Waals surface area contributed by atoms with Crippen molar-refractivity contribution in [1.82, 2.24) is 14.9 Å². The number of hydrogen-bond acceptors (Lipinski definition) is 5. The Morgan fingerprint density at radius 3 is 2.67 bits per heavy atom. The molecule has 0 fully saturated rings. The van der Waals surface area contributed by atoms with E-state index in [9.17, 15) is 9.90 Å². The zero-order chi connectivity index (χ0) is 21.5. The SMILES string of the molecule is Cc1cc(=O)c(O)c(CNCCCCCCNc2ccnc3cc(Cl)ccc23)n1C. The Kier molecular flexibility index (Phi) is 7.71. The Morgan fingerprint density at radius 2 is 1.87 bits per heavy atom. The number of pyridine rings is 2. The summed E-state index contributed by atoms with van der Waals surface area (Å²) in [6.45, 7) is 4.11. The number of aromatic hydroxyl groups is 1. The Balaban J connectivity index is 1.34. The summed E-state index contributed by atoms with van der Waals surface area (Å²) in [4.78, 5) is 16.1. The lowest BCUT2D eigenvalue weighted by Crippen LogP contribution is -2.21. The van der Waals surface area contributed by atoms with Gasteiger partial charge in [0.1, 0.15) is 0 Å². The molecule has 2 heterocycles. The maximum absolute atomic E-state index is 11.7. The number of aromatic nitrogens is 2. The van der Waals surface area contributed by atoms with E-state index in [1.807, 2.05) is 42.8 Å². The summed E-state index contributed by atoms with van der Waals surface area (Å²) in [7, 11) is 1.86. The fourth-order valence-corrected chi connectivity index (χ4v) is 3.67. The first-order chi connectivity index (χ1) is 14.5. The second kappa shape index (κ2) is 10.5. The molecule has 7 heteroatoms. The van der Waals surface area contributed by atoms with Crippen molar-refractivity contribution in [3.05, 3.63) is 63.2 Å². The average molecular weight is 429 g/mol. The van der Waals surface area contributed by atoms with Crippen LogP contribution in [0.4, 0.5) is 5.69 Å². The Morgan fingerprint density at radius 1 is 1.10 bits per heavy atom. The van der Waals surface area contributed by atoms with Crippen LogP contribution >= 0.6 is 11.6 Å². The van der Waals surface area contributed by atoms with E-state index < -0.39 is 0 Å². The van der Waals surface area contributed by atoms with Crippen molar-refractivity contribution in [2.24, 2.45) is 7.05 Å². The van der Waals surface area contributed by atoms with Gasteiger partial charge in [0.2, 0.25) is 5.43 Å². The largest absolute Gasteiger partial charge is 0.503 e. The van der Waals surface area contributed by atoms with Crippen molar-refractivity contribution in [2.45, 2.75) is 39.2 Å². The first kappa shape index (κ1) is 22.1. The molecule has 2 aromatic heterocycles. The number of anilines is 1. The van der Waals surface area contributed by atoms with Gasteiger partial charge in [-0.05, 0) is 50.6 Å². The van der Waals surface area contributed by atoms with Crippen molar-refractivity contribution < 1.29 is 5.11 Å². The van der Waals surface area contributed by atoms with Gasteiger partial charge < -0.3 is 20.3 Å². The van der Waals surface area contributed by atoms with E-state index in [2.05, 4.69) is 15.6 Å². The first-order valence-electron chi connectivity index (χ1n) is 10.3. The van der Waals surface area contributed by atoms with E-state index in [0.29, 0.717) is 17.3 Å². The topological polar surface area (TPSA) is 79.2 Å². The van der Waals surface area contributed by atoms with Crippen LogP contribution in [-0.2, 0) is 13.6 Å². The van der Waals surface area contributed by atoms with Crippen LogP contribution in [-0.4, -0.2) is 27.7 Å². The molecule has 3 aromatic rings. The molecule has 0 aliphatic carbocycles. The van der Waals surface area contributed by atoms with Gasteiger partial charge >= 0.3 is 0 Å². The fraction of sp³-hybridized carbons (Fsp3) is 0.391. The van der Waals surface area contributed by atoms with E-state index >= 15 is 0 Å². The molecule has 0 aliphatic heterocycles. The number of nitrogens with one attached hydrogen (secondary N) is 2. The van der Waals surface area contributed by atoms with Crippen molar-refractivity contribution in [2.75, 3.05) is 18.4 Å². The van der Waals surface area contributed by atoms with Gasteiger partial charge in [-0.2, -0.15) is 0 Å². The van der Waals surface area contributed by atoms with Crippen LogP contribution in [0.25, 0.3) is 10.9 Å². The predicted octanol–water partition coefficient (Wildman–Crippen LogP) is 4.36. The molecule has 0 aliphatic rings. The maximum atomic E-state index is 11.7. The van der Waals surface area contributed by atoms with Crippen LogP contribution in [0.1, 0.15) is 37.1 Å². The molecule has 3 N–H and O–H groups in total. The standard InChI is InChI=1S/C23H29ClN4O2/c1-16-13-22(29)23(30)21(28(16)2)15-25-10-5-3-4-6-11-26-19-9-12-27-20-14-17(24)7-8-18(19)20/h7-9,12-14,25,30H,3-6,10-11,15H2,1-2H3,(H,26,27). The number of unbranched alkanes of at least 4 members (excludes halogenated alkanes) is 3. The molecule has 0 radical (unpaired) electrons. The fourth-order valence-electron chi connectivity index (χ4n) is 3.50. The maximum Gasteiger partial charge on any atom is 0.223 e. The molecule has 1 aromatic carbocycles. The van der Waals surface area contributed by atoms with Gasteiger partial charge in [-0.3, -0.25) is 9.78 Å². The van der Waals surface area contributed by atoms with Crippen LogP contribution in [0.15, 0.2) is 41.3 Å². The lowest BCUT2D eigenvalue weighted by Gasteiger charge is -2.14. The molecule has 0 unspecified atom stereocenters. The number of fused-ring (bicyclic) bond motifs is 1. The smallest absolute Gasteiger partial charge is 0.223 e. The first-order valence-corrected chi connectivity index (χ1v) is 10.7. The zero-order valence-electron chi connectivity index (χ0n) is 17.5. The summed E-state index contributed by atoms with van der Waals surface area (Å²) < 4.78 is 1.85. The molecule has 0 bridgehead atoms. The lowest BCUT2D eigenvalue weighted by atomic mass is 10.1. The Labute approximate surface area is 181 Å². The molecule has 3 rings (SSSR count). The number of rotatable bonds is 10. The van der Waals surface area contributed by atoms with Crippen LogP contribution in [0.2, 0.25) is 5.02 Å². The van der Waals surface area contributed by atoms with Gasteiger partial charge in [-0.15, -0.1) is 0 Å². The quantitative estimate of drug-likeness (QED) is 0.418. The number of aryl methyl sites for hydroxylation is 1. The molecule has 0 amide bonds. The van der Waals surface area contributed by atoms with Crippen LogP contribution in [0, 0.1) is 6.92 Å². The summed E-state index contributed by atoms with van der Waals surface area (Å²) in [5.74, 6) is -0.160. The molecule has 0 saturated carbocycles. The Hall–Kier alpha value is -2.57.